The van der Waals surface area contributed by atoms with Crippen LogP contribution in [-0.2, 0) is 12.8 Å². The Labute approximate surface area is 189 Å². The summed E-state index contributed by atoms with van der Waals surface area (Å²) in [6.07, 6.45) is 1.59. The minimum absolute atomic E-state index is 0.724. The van der Waals surface area contributed by atoms with Crippen molar-refractivity contribution < 1.29 is 0 Å². The fraction of sp³-hybridized carbons (Fsp3) is 0.333. The molecular formula is C24H32N8. The number of hydrogen-bond acceptors (Lipinski definition) is 6. The minimum Gasteiger partial charge on any atom is -0.346 e. The zero-order valence-electron chi connectivity index (χ0n) is 19.7. The van der Waals surface area contributed by atoms with Crippen LogP contribution < -0.4 is 9.80 Å². The summed E-state index contributed by atoms with van der Waals surface area (Å²) in [5, 5.41) is 14.1. The smallest absolute Gasteiger partial charge is 0.244 e. The van der Waals surface area contributed by atoms with Crippen molar-refractivity contribution in [1.82, 2.24) is 30.4 Å². The Morgan fingerprint density at radius 2 is 0.938 bits per heavy atom. The van der Waals surface area contributed by atoms with Gasteiger partial charge in [0.15, 0.2) is 0 Å². The summed E-state index contributed by atoms with van der Waals surface area (Å²) in [7, 11) is 7.72. The molecule has 0 bridgehead atoms. The number of anilines is 2. The molecule has 2 N–H and O–H groups in total. The van der Waals surface area contributed by atoms with E-state index in [1.54, 1.807) is 0 Å². The zero-order chi connectivity index (χ0) is 23.1. The molecule has 0 fully saturated rings. The molecule has 0 unspecified atom stereocenters. The van der Waals surface area contributed by atoms with Crippen LogP contribution >= 0.6 is 0 Å². The van der Waals surface area contributed by atoms with E-state index in [1.165, 1.54) is 22.3 Å². The summed E-state index contributed by atoms with van der Waals surface area (Å²) in [6, 6.07) is 16.9. The highest BCUT2D eigenvalue weighted by atomic mass is 15.3. The zero-order valence-corrected chi connectivity index (χ0v) is 19.7. The lowest BCUT2D eigenvalue weighted by atomic mass is 10.1. The van der Waals surface area contributed by atoms with Crippen molar-refractivity contribution in [3.05, 3.63) is 82.4 Å². The van der Waals surface area contributed by atoms with Gasteiger partial charge in [0, 0.05) is 41.0 Å². The molecule has 2 heterocycles. The molecule has 168 valence electrons. The molecule has 4 rings (SSSR count). The second-order valence-electron chi connectivity index (χ2n) is 8.28. The second-order valence-corrected chi connectivity index (χ2v) is 8.28. The SMILES string of the molecule is Cc1ccc(Cc2nc(N(C)C)n[nH]2)cc1.Cc1ccc(Cc2nc(N(C)C)n[nH]2)cc1. The lowest BCUT2D eigenvalue weighted by molar-refractivity contribution is 0.967. The number of aromatic nitrogens is 6. The number of aromatic amines is 2. The van der Waals surface area contributed by atoms with Gasteiger partial charge in [-0.3, -0.25) is 10.2 Å². The lowest BCUT2D eigenvalue weighted by Crippen LogP contribution is -2.10. The van der Waals surface area contributed by atoms with Gasteiger partial charge in [-0.25, -0.2) is 0 Å². The lowest BCUT2D eigenvalue weighted by Gasteiger charge is -2.03. The highest BCUT2D eigenvalue weighted by Crippen LogP contribution is 2.10. The van der Waals surface area contributed by atoms with E-state index in [4.69, 9.17) is 0 Å². The van der Waals surface area contributed by atoms with E-state index in [0.717, 1.165) is 36.4 Å². The van der Waals surface area contributed by atoms with Gasteiger partial charge in [-0.1, -0.05) is 59.7 Å². The molecule has 2 aromatic carbocycles. The van der Waals surface area contributed by atoms with Crippen molar-refractivity contribution in [3.63, 3.8) is 0 Å². The van der Waals surface area contributed by atoms with E-state index >= 15 is 0 Å². The normalized spacial score (nSPS) is 10.4. The summed E-state index contributed by atoms with van der Waals surface area (Å²) in [4.78, 5) is 12.5. The molecule has 0 amide bonds. The van der Waals surface area contributed by atoms with E-state index in [0.29, 0.717) is 0 Å². The highest BCUT2D eigenvalue weighted by molar-refractivity contribution is 5.29. The Balaban J connectivity index is 0.000000181. The Bertz CT molecular complexity index is 1000. The topological polar surface area (TPSA) is 89.6 Å². The van der Waals surface area contributed by atoms with Crippen LogP contribution in [-0.4, -0.2) is 58.6 Å². The molecule has 0 saturated carbocycles. The van der Waals surface area contributed by atoms with Crippen LogP contribution in [0.2, 0.25) is 0 Å². The molecule has 0 saturated heterocycles. The van der Waals surface area contributed by atoms with E-state index in [2.05, 4.69) is 92.7 Å². The number of rotatable bonds is 6. The predicted octanol–water partition coefficient (Wildman–Crippen LogP) is 3.54. The van der Waals surface area contributed by atoms with Crippen LogP contribution in [0.3, 0.4) is 0 Å². The first-order valence-corrected chi connectivity index (χ1v) is 10.6. The molecule has 0 spiro atoms. The van der Waals surface area contributed by atoms with Gasteiger partial charge in [0.05, 0.1) is 0 Å². The van der Waals surface area contributed by atoms with Crippen molar-refractivity contribution in [1.29, 1.82) is 0 Å². The van der Waals surface area contributed by atoms with Crippen molar-refractivity contribution in [3.8, 4) is 0 Å². The third-order valence-corrected chi connectivity index (χ3v) is 4.82. The van der Waals surface area contributed by atoms with Gasteiger partial charge in [-0.05, 0) is 25.0 Å². The Morgan fingerprint density at radius 1 is 0.594 bits per heavy atom. The number of aryl methyl sites for hydroxylation is 2. The van der Waals surface area contributed by atoms with Crippen molar-refractivity contribution in [2.24, 2.45) is 0 Å². The molecular weight excluding hydrogens is 400 g/mol. The van der Waals surface area contributed by atoms with E-state index in [9.17, 15) is 0 Å². The number of benzene rings is 2. The standard InChI is InChI=1S/2C12H16N4/c2*1-9-4-6-10(7-5-9)8-11-13-12(15-14-11)16(2)3/h2*4-7H,8H2,1-3H3,(H,13,14,15). The number of H-pyrrole nitrogens is 2. The predicted molar refractivity (Wildman–Crippen MR) is 129 cm³/mol. The van der Waals surface area contributed by atoms with Gasteiger partial charge >= 0.3 is 0 Å². The molecule has 4 aromatic rings. The van der Waals surface area contributed by atoms with E-state index in [1.807, 2.05) is 38.0 Å². The van der Waals surface area contributed by atoms with Crippen LogP contribution in [0.15, 0.2) is 48.5 Å². The van der Waals surface area contributed by atoms with Gasteiger partial charge in [-0.15, -0.1) is 10.2 Å². The Kier molecular flexibility index (Phi) is 7.59. The highest BCUT2D eigenvalue weighted by Gasteiger charge is 2.06. The second kappa shape index (κ2) is 10.6. The fourth-order valence-corrected chi connectivity index (χ4v) is 2.93. The quantitative estimate of drug-likeness (QED) is 0.484. The maximum atomic E-state index is 4.39. The van der Waals surface area contributed by atoms with Gasteiger partial charge < -0.3 is 9.80 Å². The van der Waals surface area contributed by atoms with Crippen LogP contribution in [0, 0.1) is 13.8 Å². The van der Waals surface area contributed by atoms with Gasteiger partial charge in [0.1, 0.15) is 11.6 Å². The first-order valence-electron chi connectivity index (χ1n) is 10.6. The molecule has 8 heteroatoms. The monoisotopic (exact) mass is 432 g/mol. The first kappa shape index (κ1) is 23.0. The van der Waals surface area contributed by atoms with Gasteiger partial charge in [-0.2, -0.15) is 9.97 Å². The summed E-state index contributed by atoms with van der Waals surface area (Å²) in [5.41, 5.74) is 5.03. The maximum absolute atomic E-state index is 4.39. The maximum Gasteiger partial charge on any atom is 0.244 e. The molecule has 0 aliphatic heterocycles. The van der Waals surface area contributed by atoms with Crippen LogP contribution in [0.1, 0.15) is 33.9 Å². The number of hydrogen-bond donors (Lipinski definition) is 2. The fourth-order valence-electron chi connectivity index (χ4n) is 2.93. The van der Waals surface area contributed by atoms with Crippen molar-refractivity contribution >= 4 is 11.9 Å². The summed E-state index contributed by atoms with van der Waals surface area (Å²) in [5.74, 6) is 3.24. The molecule has 2 aromatic heterocycles. The molecule has 0 atom stereocenters. The number of nitrogens with one attached hydrogen (secondary N) is 2. The van der Waals surface area contributed by atoms with Crippen molar-refractivity contribution in [2.75, 3.05) is 38.0 Å². The summed E-state index contributed by atoms with van der Waals surface area (Å²) >= 11 is 0. The van der Waals surface area contributed by atoms with Crippen LogP contribution in [0.4, 0.5) is 11.9 Å². The summed E-state index contributed by atoms with van der Waals surface area (Å²) in [6.45, 7) is 4.17. The van der Waals surface area contributed by atoms with E-state index < -0.39 is 0 Å². The molecule has 0 aliphatic rings. The third-order valence-electron chi connectivity index (χ3n) is 4.82. The average molecular weight is 433 g/mol. The average Bonchev–Trinajstić information content (AvgIpc) is 3.42. The third kappa shape index (κ3) is 6.66. The Morgan fingerprint density at radius 3 is 1.22 bits per heavy atom. The van der Waals surface area contributed by atoms with Crippen LogP contribution in [0.25, 0.3) is 0 Å². The molecule has 8 nitrogen and oxygen atoms in total. The minimum atomic E-state index is 0.724. The number of nitrogens with zero attached hydrogens (tertiary/aromatic N) is 6. The molecule has 32 heavy (non-hydrogen) atoms. The van der Waals surface area contributed by atoms with Gasteiger partial charge in [0.25, 0.3) is 0 Å². The van der Waals surface area contributed by atoms with Crippen molar-refractivity contribution in [2.45, 2.75) is 26.7 Å². The van der Waals surface area contributed by atoms with E-state index in [-0.39, 0.29) is 0 Å². The van der Waals surface area contributed by atoms with Crippen LogP contribution in [0.5, 0.6) is 0 Å². The van der Waals surface area contributed by atoms with Gasteiger partial charge in [0.2, 0.25) is 11.9 Å². The molecule has 0 radical (unpaired) electrons. The molecule has 0 aliphatic carbocycles. The largest absolute Gasteiger partial charge is 0.346 e. The summed E-state index contributed by atoms with van der Waals surface area (Å²) < 4.78 is 0. The first-order chi connectivity index (χ1) is 15.3. The Hall–Kier alpha value is -3.68.